The van der Waals surface area contributed by atoms with Crippen LogP contribution in [0.5, 0.6) is 5.75 Å². The lowest BCUT2D eigenvalue weighted by atomic mass is 9.90. The van der Waals surface area contributed by atoms with E-state index in [0.717, 1.165) is 29.2 Å². The summed E-state index contributed by atoms with van der Waals surface area (Å²) < 4.78 is 7.81. The number of hydrogen-bond acceptors (Lipinski definition) is 8. The van der Waals surface area contributed by atoms with E-state index >= 15 is 0 Å². The van der Waals surface area contributed by atoms with Gasteiger partial charge in [-0.1, -0.05) is 54.0 Å². The number of rotatable bonds is 9. The highest BCUT2D eigenvalue weighted by atomic mass is 35.5. The molecule has 1 aromatic carbocycles. The number of nitrogens with one attached hydrogen (secondary N) is 1. The van der Waals surface area contributed by atoms with Crippen LogP contribution in [0.1, 0.15) is 61.3 Å². The molecular formula is C22H27ClN6O2S2. The van der Waals surface area contributed by atoms with Crippen LogP contribution < -0.4 is 10.1 Å². The average Bonchev–Trinajstić information content (AvgIpc) is 3.45. The molecule has 0 bridgehead atoms. The predicted octanol–water partition coefficient (Wildman–Crippen LogP) is 5.47. The largest absolute Gasteiger partial charge is 0.486 e. The van der Waals surface area contributed by atoms with Gasteiger partial charge in [-0.25, -0.2) is 0 Å². The van der Waals surface area contributed by atoms with E-state index in [9.17, 15) is 4.79 Å². The Labute approximate surface area is 206 Å². The zero-order valence-corrected chi connectivity index (χ0v) is 21.1. The Hall–Kier alpha value is -2.17. The standard InChI is InChI=1S/C22H27ClN6O2S2/c1-3-29-18(12-31-16-9-10-17(23)14(2)11-16)25-28-22(29)32-13-19(30)24-21-27-26-20(33-21)15-7-5-4-6-8-15/h9-11,15H,3-8,12-13H2,1-2H3,(H,24,27,30). The van der Waals surface area contributed by atoms with Crippen molar-refractivity contribution in [3.05, 3.63) is 39.6 Å². The number of amides is 1. The fraction of sp³-hybridized carbons (Fsp3) is 0.500. The summed E-state index contributed by atoms with van der Waals surface area (Å²) in [4.78, 5) is 12.5. The summed E-state index contributed by atoms with van der Waals surface area (Å²) in [6, 6.07) is 5.53. The van der Waals surface area contributed by atoms with Crippen LogP contribution in [0.25, 0.3) is 0 Å². The van der Waals surface area contributed by atoms with Crippen LogP contribution in [0, 0.1) is 6.92 Å². The fourth-order valence-electron chi connectivity index (χ4n) is 3.79. The van der Waals surface area contributed by atoms with Crippen molar-refractivity contribution in [3.8, 4) is 5.75 Å². The summed E-state index contributed by atoms with van der Waals surface area (Å²) in [6.45, 7) is 4.90. The molecule has 1 aliphatic rings. The SMILES string of the molecule is CCn1c(COc2ccc(Cl)c(C)c2)nnc1SCC(=O)Nc1nnc(C2CCCCC2)s1. The minimum atomic E-state index is -0.133. The summed E-state index contributed by atoms with van der Waals surface area (Å²) in [5, 5.41) is 22.8. The number of carbonyl (C=O) groups excluding carboxylic acids is 1. The number of benzene rings is 1. The molecule has 11 heteroatoms. The Kier molecular flexibility index (Phi) is 8.21. The van der Waals surface area contributed by atoms with Crippen molar-refractivity contribution in [2.45, 2.75) is 70.2 Å². The molecule has 1 N–H and O–H groups in total. The van der Waals surface area contributed by atoms with E-state index in [1.807, 2.05) is 36.6 Å². The third-order valence-corrected chi connectivity index (χ3v) is 7.97. The lowest BCUT2D eigenvalue weighted by Gasteiger charge is -2.18. The lowest BCUT2D eigenvalue weighted by Crippen LogP contribution is -2.14. The number of carbonyl (C=O) groups is 1. The van der Waals surface area contributed by atoms with Crippen LogP contribution in [0.15, 0.2) is 23.4 Å². The van der Waals surface area contributed by atoms with Crippen LogP contribution in [-0.2, 0) is 17.9 Å². The van der Waals surface area contributed by atoms with Crippen LogP contribution in [-0.4, -0.2) is 36.6 Å². The molecule has 8 nitrogen and oxygen atoms in total. The normalized spacial score (nSPS) is 14.4. The lowest BCUT2D eigenvalue weighted by molar-refractivity contribution is -0.113. The second kappa shape index (κ2) is 11.3. The van der Waals surface area contributed by atoms with Gasteiger partial charge in [0.25, 0.3) is 0 Å². The fourth-order valence-corrected chi connectivity index (χ4v) is 5.66. The van der Waals surface area contributed by atoms with Crippen molar-refractivity contribution < 1.29 is 9.53 Å². The van der Waals surface area contributed by atoms with Crippen molar-refractivity contribution in [2.75, 3.05) is 11.1 Å². The van der Waals surface area contributed by atoms with E-state index in [4.69, 9.17) is 16.3 Å². The van der Waals surface area contributed by atoms with Gasteiger partial charge in [0.05, 0.1) is 5.75 Å². The molecule has 0 spiro atoms. The number of thioether (sulfide) groups is 1. The van der Waals surface area contributed by atoms with Crippen molar-refractivity contribution in [3.63, 3.8) is 0 Å². The molecule has 1 amide bonds. The molecule has 3 aromatic rings. The van der Waals surface area contributed by atoms with Gasteiger partial charge in [-0.3, -0.25) is 10.1 Å². The molecule has 176 valence electrons. The second-order valence-electron chi connectivity index (χ2n) is 7.96. The van der Waals surface area contributed by atoms with Gasteiger partial charge in [0.2, 0.25) is 11.0 Å². The third kappa shape index (κ3) is 6.24. The molecule has 0 atom stereocenters. The van der Waals surface area contributed by atoms with Crippen molar-refractivity contribution in [1.29, 1.82) is 0 Å². The van der Waals surface area contributed by atoms with Gasteiger partial charge in [-0.15, -0.1) is 20.4 Å². The minimum absolute atomic E-state index is 0.133. The highest BCUT2D eigenvalue weighted by molar-refractivity contribution is 7.99. The molecule has 0 aliphatic heterocycles. The molecule has 2 aromatic heterocycles. The first-order chi connectivity index (χ1) is 16.0. The summed E-state index contributed by atoms with van der Waals surface area (Å²) in [5.74, 6) is 1.99. The number of hydrogen-bond donors (Lipinski definition) is 1. The van der Waals surface area contributed by atoms with E-state index in [1.54, 1.807) is 0 Å². The first kappa shape index (κ1) is 24.0. The summed E-state index contributed by atoms with van der Waals surface area (Å²) in [5.41, 5.74) is 0.953. The van der Waals surface area contributed by atoms with Crippen molar-refractivity contribution in [2.24, 2.45) is 0 Å². The summed E-state index contributed by atoms with van der Waals surface area (Å²) in [7, 11) is 0. The van der Waals surface area contributed by atoms with Gasteiger partial charge in [0.1, 0.15) is 17.4 Å². The van der Waals surface area contributed by atoms with Gasteiger partial charge in [-0.2, -0.15) is 0 Å². The molecule has 2 heterocycles. The topological polar surface area (TPSA) is 94.8 Å². The van der Waals surface area contributed by atoms with E-state index in [-0.39, 0.29) is 18.3 Å². The van der Waals surface area contributed by atoms with E-state index in [0.29, 0.717) is 33.6 Å². The Morgan fingerprint density at radius 3 is 2.82 bits per heavy atom. The molecule has 33 heavy (non-hydrogen) atoms. The molecule has 0 saturated heterocycles. The van der Waals surface area contributed by atoms with Crippen LogP contribution >= 0.6 is 34.7 Å². The van der Waals surface area contributed by atoms with Gasteiger partial charge in [-0.05, 0) is 50.5 Å². The van der Waals surface area contributed by atoms with E-state index in [2.05, 4.69) is 25.7 Å². The predicted molar refractivity (Wildman–Crippen MR) is 131 cm³/mol. The van der Waals surface area contributed by atoms with E-state index in [1.165, 1.54) is 42.4 Å². The zero-order valence-electron chi connectivity index (χ0n) is 18.7. The maximum atomic E-state index is 12.5. The molecule has 0 radical (unpaired) electrons. The van der Waals surface area contributed by atoms with Crippen LogP contribution in [0.2, 0.25) is 5.02 Å². The number of aryl methyl sites for hydroxylation is 1. The Morgan fingerprint density at radius 2 is 2.06 bits per heavy atom. The quantitative estimate of drug-likeness (QED) is 0.384. The number of ether oxygens (including phenoxy) is 1. The molecule has 0 unspecified atom stereocenters. The molecule has 1 saturated carbocycles. The molecule has 1 aliphatic carbocycles. The van der Waals surface area contributed by atoms with Gasteiger partial charge >= 0.3 is 0 Å². The smallest absolute Gasteiger partial charge is 0.236 e. The van der Waals surface area contributed by atoms with Crippen molar-refractivity contribution in [1.82, 2.24) is 25.0 Å². The number of anilines is 1. The average molecular weight is 507 g/mol. The minimum Gasteiger partial charge on any atom is -0.486 e. The highest BCUT2D eigenvalue weighted by Crippen LogP contribution is 2.35. The zero-order chi connectivity index (χ0) is 23.2. The first-order valence-corrected chi connectivity index (χ1v) is 13.3. The maximum absolute atomic E-state index is 12.5. The number of halogens is 1. The van der Waals surface area contributed by atoms with Crippen LogP contribution in [0.3, 0.4) is 0 Å². The molecule has 4 rings (SSSR count). The van der Waals surface area contributed by atoms with Gasteiger partial charge in [0.15, 0.2) is 11.0 Å². The van der Waals surface area contributed by atoms with Gasteiger partial charge < -0.3 is 9.30 Å². The summed E-state index contributed by atoms with van der Waals surface area (Å²) in [6.07, 6.45) is 6.11. The monoisotopic (exact) mass is 506 g/mol. The van der Waals surface area contributed by atoms with Crippen LogP contribution in [0.4, 0.5) is 5.13 Å². The second-order valence-corrected chi connectivity index (χ2v) is 10.3. The number of aromatic nitrogens is 5. The Morgan fingerprint density at radius 1 is 1.24 bits per heavy atom. The Bertz CT molecular complexity index is 1100. The summed E-state index contributed by atoms with van der Waals surface area (Å²) >= 11 is 8.90. The third-order valence-electron chi connectivity index (χ3n) is 5.58. The van der Waals surface area contributed by atoms with E-state index < -0.39 is 0 Å². The first-order valence-electron chi connectivity index (χ1n) is 11.1. The highest BCUT2D eigenvalue weighted by Gasteiger charge is 2.20. The molecular weight excluding hydrogens is 480 g/mol. The molecule has 1 fully saturated rings. The van der Waals surface area contributed by atoms with Crippen molar-refractivity contribution >= 4 is 45.7 Å². The Balaban J connectivity index is 1.30. The van der Waals surface area contributed by atoms with Gasteiger partial charge in [0, 0.05) is 17.5 Å². The number of nitrogens with zero attached hydrogens (tertiary/aromatic N) is 5. The maximum Gasteiger partial charge on any atom is 0.236 e.